The summed E-state index contributed by atoms with van der Waals surface area (Å²) in [4.78, 5) is 12.3. The Labute approximate surface area is 206 Å². The summed E-state index contributed by atoms with van der Waals surface area (Å²) < 4.78 is 0. The summed E-state index contributed by atoms with van der Waals surface area (Å²) >= 11 is 0. The molecule has 192 valence electrons. The molecule has 0 aromatic rings. The van der Waals surface area contributed by atoms with Gasteiger partial charge in [0.1, 0.15) is 0 Å². The fraction of sp³-hybridized carbons (Fsp3) is 0.900. The minimum Gasteiger partial charge on any atom is -0.481 e. The number of aliphatic hydroxyl groups is 2. The lowest BCUT2D eigenvalue weighted by molar-refractivity contribution is -0.208. The van der Waals surface area contributed by atoms with Crippen molar-refractivity contribution in [3.8, 4) is 0 Å². The van der Waals surface area contributed by atoms with Gasteiger partial charge in [0.05, 0.1) is 17.6 Å². The van der Waals surface area contributed by atoms with Crippen molar-refractivity contribution >= 4 is 5.97 Å². The van der Waals surface area contributed by atoms with Gasteiger partial charge >= 0.3 is 5.97 Å². The molecule has 0 aromatic heterocycles. The van der Waals surface area contributed by atoms with Crippen LogP contribution in [0.5, 0.6) is 0 Å². The molecule has 4 fully saturated rings. The van der Waals surface area contributed by atoms with Gasteiger partial charge in [0.25, 0.3) is 0 Å². The number of hydrogen-bond donors (Lipinski definition) is 3. The van der Waals surface area contributed by atoms with E-state index in [-0.39, 0.29) is 39.1 Å². The number of carboxylic acids is 1. The molecule has 0 radical (unpaired) electrons. The fourth-order valence-corrected chi connectivity index (χ4v) is 10.6. The van der Waals surface area contributed by atoms with Crippen molar-refractivity contribution in [2.24, 2.45) is 50.2 Å². The van der Waals surface area contributed by atoms with Gasteiger partial charge < -0.3 is 15.3 Å². The van der Waals surface area contributed by atoms with Gasteiger partial charge in [0.15, 0.2) is 0 Å². The molecule has 34 heavy (non-hydrogen) atoms. The smallest absolute Gasteiger partial charge is 0.309 e. The second kappa shape index (κ2) is 7.12. The van der Waals surface area contributed by atoms with E-state index < -0.39 is 17.5 Å². The minimum absolute atomic E-state index is 0.0325. The third-order valence-corrected chi connectivity index (χ3v) is 13.4. The normalized spacial score (nSPS) is 56.3. The summed E-state index contributed by atoms with van der Waals surface area (Å²) in [5.41, 5.74) is 0.706. The van der Waals surface area contributed by atoms with Crippen molar-refractivity contribution in [3.05, 3.63) is 11.6 Å². The highest BCUT2D eigenvalue weighted by molar-refractivity contribution is 5.74. The molecule has 0 aliphatic heterocycles. The molecule has 10 atom stereocenters. The van der Waals surface area contributed by atoms with E-state index in [9.17, 15) is 20.1 Å². The third kappa shape index (κ3) is 2.82. The maximum Gasteiger partial charge on any atom is 0.309 e. The van der Waals surface area contributed by atoms with Crippen LogP contribution in [0.2, 0.25) is 0 Å². The van der Waals surface area contributed by atoms with Crippen molar-refractivity contribution in [3.63, 3.8) is 0 Å². The number of carbonyl (C=O) groups is 1. The molecule has 5 aliphatic carbocycles. The summed E-state index contributed by atoms with van der Waals surface area (Å²) in [6.07, 6.45) is 10.1. The van der Waals surface area contributed by atoms with Gasteiger partial charge in [-0.3, -0.25) is 4.79 Å². The first-order valence-corrected chi connectivity index (χ1v) is 13.9. The summed E-state index contributed by atoms with van der Waals surface area (Å²) in [6, 6.07) is 0. The lowest BCUT2D eigenvalue weighted by Gasteiger charge is -2.71. The first-order valence-electron chi connectivity index (χ1n) is 13.9. The minimum atomic E-state index is -0.867. The predicted molar refractivity (Wildman–Crippen MR) is 134 cm³/mol. The molecule has 0 aromatic carbocycles. The van der Waals surface area contributed by atoms with Gasteiger partial charge in [0.2, 0.25) is 0 Å². The maximum absolute atomic E-state index is 12.3. The molecule has 5 rings (SSSR count). The zero-order chi connectivity index (χ0) is 25.1. The van der Waals surface area contributed by atoms with Crippen LogP contribution in [0.15, 0.2) is 11.6 Å². The van der Waals surface area contributed by atoms with Crippen molar-refractivity contribution < 1.29 is 20.1 Å². The Kier molecular flexibility index (Phi) is 5.20. The second-order valence-electron chi connectivity index (χ2n) is 15.0. The van der Waals surface area contributed by atoms with E-state index in [4.69, 9.17) is 0 Å². The molecule has 4 nitrogen and oxygen atoms in total. The Morgan fingerprint density at radius 1 is 0.824 bits per heavy atom. The van der Waals surface area contributed by atoms with E-state index in [1.807, 2.05) is 6.92 Å². The molecule has 0 heterocycles. The monoisotopic (exact) mass is 472 g/mol. The maximum atomic E-state index is 12.3. The average Bonchev–Trinajstić information content (AvgIpc) is 2.73. The highest BCUT2D eigenvalue weighted by Gasteiger charge is 2.69. The Morgan fingerprint density at radius 2 is 1.50 bits per heavy atom. The molecule has 4 heteroatoms. The number of hydrogen-bond acceptors (Lipinski definition) is 3. The van der Waals surface area contributed by atoms with Crippen LogP contribution >= 0.6 is 0 Å². The SMILES string of the molecule is CC1(C(=O)O)C[C@H](O)[C@]2(C)CC[C@]3(C)C(=CC[C@@H]4[C@@]5(C)CC[C@H](O)C(C)(C)[C@@H]5CC[C@]43C)[C@@H]2C1. The van der Waals surface area contributed by atoms with Gasteiger partial charge in [-0.05, 0) is 104 Å². The Balaban J connectivity index is 1.59. The Morgan fingerprint density at radius 3 is 2.15 bits per heavy atom. The first-order chi connectivity index (χ1) is 15.6. The second-order valence-corrected chi connectivity index (χ2v) is 15.0. The van der Waals surface area contributed by atoms with Crippen LogP contribution in [0.4, 0.5) is 0 Å². The number of carboxylic acid groups (broad SMARTS) is 1. The molecule has 0 amide bonds. The molecule has 3 N–H and O–H groups in total. The van der Waals surface area contributed by atoms with Gasteiger partial charge in [0, 0.05) is 5.41 Å². The van der Waals surface area contributed by atoms with Crippen LogP contribution in [0, 0.1) is 50.2 Å². The van der Waals surface area contributed by atoms with E-state index in [1.165, 1.54) is 12.0 Å². The molecular weight excluding hydrogens is 424 g/mol. The molecule has 0 saturated heterocycles. The highest BCUT2D eigenvalue weighted by atomic mass is 16.4. The quantitative estimate of drug-likeness (QED) is 0.397. The summed E-state index contributed by atoms with van der Waals surface area (Å²) in [5, 5.41) is 32.2. The third-order valence-electron chi connectivity index (χ3n) is 13.4. The van der Waals surface area contributed by atoms with Crippen molar-refractivity contribution in [1.29, 1.82) is 0 Å². The lowest BCUT2D eigenvalue weighted by Crippen LogP contribution is -2.65. The topological polar surface area (TPSA) is 77.8 Å². The zero-order valence-electron chi connectivity index (χ0n) is 22.6. The lowest BCUT2D eigenvalue weighted by atomic mass is 9.33. The summed E-state index contributed by atoms with van der Waals surface area (Å²) in [5.74, 6) is 0.463. The van der Waals surface area contributed by atoms with E-state index in [1.54, 1.807) is 0 Å². The zero-order valence-corrected chi connectivity index (χ0v) is 22.6. The van der Waals surface area contributed by atoms with Gasteiger partial charge in [-0.15, -0.1) is 0 Å². The molecular formula is C30H48O4. The molecule has 0 bridgehead atoms. The largest absolute Gasteiger partial charge is 0.481 e. The Hall–Kier alpha value is -0.870. The van der Waals surface area contributed by atoms with E-state index in [2.05, 4.69) is 47.6 Å². The van der Waals surface area contributed by atoms with E-state index in [0.717, 1.165) is 38.5 Å². The van der Waals surface area contributed by atoms with Crippen molar-refractivity contribution in [2.45, 2.75) is 118 Å². The number of allylic oxidation sites excluding steroid dienone is 2. The van der Waals surface area contributed by atoms with Crippen LogP contribution < -0.4 is 0 Å². The predicted octanol–water partition coefficient (Wildman–Crippen LogP) is 6.20. The highest BCUT2D eigenvalue weighted by Crippen LogP contribution is 2.75. The van der Waals surface area contributed by atoms with E-state index in [0.29, 0.717) is 24.7 Å². The van der Waals surface area contributed by atoms with Gasteiger partial charge in [-0.2, -0.15) is 0 Å². The fourth-order valence-electron chi connectivity index (χ4n) is 10.6. The number of aliphatic hydroxyl groups excluding tert-OH is 2. The summed E-state index contributed by atoms with van der Waals surface area (Å²) in [7, 11) is 0. The molecule has 0 spiro atoms. The standard InChI is InChI=1S/C30H48O4/c1-25(2)20-10-13-30(7)21(28(20,5)12-11-22(25)31)9-8-18-19-16-26(3,24(33)34)17-23(32)27(19,4)14-15-29(18,30)6/h8,19-23,31-32H,9-17H2,1-7H3,(H,33,34)/t19-,20-,21+,22-,23-,26?,27+,28-,29+,30+/m0/s1. The van der Waals surface area contributed by atoms with Crippen LogP contribution in [-0.4, -0.2) is 33.5 Å². The van der Waals surface area contributed by atoms with Gasteiger partial charge in [-0.25, -0.2) is 0 Å². The first kappa shape index (κ1) is 24.8. The number of rotatable bonds is 1. The van der Waals surface area contributed by atoms with Crippen LogP contribution in [-0.2, 0) is 4.79 Å². The number of aliphatic carboxylic acids is 1. The van der Waals surface area contributed by atoms with Crippen LogP contribution in [0.1, 0.15) is 106 Å². The van der Waals surface area contributed by atoms with Crippen LogP contribution in [0.25, 0.3) is 0 Å². The molecule has 4 saturated carbocycles. The Bertz CT molecular complexity index is 923. The molecule has 1 unspecified atom stereocenters. The summed E-state index contributed by atoms with van der Waals surface area (Å²) in [6.45, 7) is 16.2. The molecule has 5 aliphatic rings. The number of fused-ring (bicyclic) bond motifs is 7. The van der Waals surface area contributed by atoms with E-state index >= 15 is 0 Å². The van der Waals surface area contributed by atoms with Gasteiger partial charge in [-0.1, -0.05) is 53.2 Å². The van der Waals surface area contributed by atoms with Crippen LogP contribution in [0.3, 0.4) is 0 Å². The van der Waals surface area contributed by atoms with Crippen molar-refractivity contribution in [1.82, 2.24) is 0 Å². The average molecular weight is 473 g/mol. The van der Waals surface area contributed by atoms with Crippen molar-refractivity contribution in [2.75, 3.05) is 0 Å².